The predicted molar refractivity (Wildman–Crippen MR) is 77.3 cm³/mol. The molecule has 2 N–H and O–H groups in total. The molecule has 0 saturated carbocycles. The first-order chi connectivity index (χ1) is 9.88. The van der Waals surface area contributed by atoms with Crippen LogP contribution < -0.4 is 5.32 Å². The highest BCUT2D eigenvalue weighted by Gasteiger charge is 2.16. The fourth-order valence-electron chi connectivity index (χ4n) is 1.48. The van der Waals surface area contributed by atoms with Crippen LogP contribution in [-0.2, 0) is 0 Å². The minimum absolute atomic E-state index is 0.0188. The molecule has 0 aliphatic heterocycles. The fourth-order valence-corrected chi connectivity index (χ4v) is 2.39. The van der Waals surface area contributed by atoms with E-state index >= 15 is 0 Å². The number of nitrogens with one attached hydrogen (secondary N) is 1. The molecule has 21 heavy (non-hydrogen) atoms. The lowest BCUT2D eigenvalue weighted by atomic mass is 10.2. The molecule has 0 aliphatic rings. The van der Waals surface area contributed by atoms with E-state index in [4.69, 9.17) is 16.7 Å². The van der Waals surface area contributed by atoms with Crippen LogP contribution in [0.25, 0.3) is 0 Å². The van der Waals surface area contributed by atoms with Crippen molar-refractivity contribution < 1.29 is 19.6 Å². The van der Waals surface area contributed by atoms with Crippen molar-refractivity contribution in [3.05, 3.63) is 55.2 Å². The number of carbonyl (C=O) groups is 2. The number of carbonyl (C=O) groups excluding carboxylic acids is 1. The van der Waals surface area contributed by atoms with Crippen LogP contribution in [0.5, 0.6) is 0 Å². The number of halogens is 1. The number of nitro benzene ring substituents is 1. The minimum Gasteiger partial charge on any atom is -0.477 e. The van der Waals surface area contributed by atoms with Gasteiger partial charge in [0.15, 0.2) is 0 Å². The molecule has 0 unspecified atom stereocenters. The lowest BCUT2D eigenvalue weighted by Gasteiger charge is -2.05. The summed E-state index contributed by atoms with van der Waals surface area (Å²) in [5.41, 5.74) is -0.131. The van der Waals surface area contributed by atoms with Crippen molar-refractivity contribution in [2.24, 2.45) is 0 Å². The number of nitro groups is 1. The average Bonchev–Trinajstić information content (AvgIpc) is 2.90. The molecule has 0 atom stereocenters. The molecule has 9 heteroatoms. The van der Waals surface area contributed by atoms with E-state index in [0.29, 0.717) is 0 Å². The largest absolute Gasteiger partial charge is 0.477 e. The van der Waals surface area contributed by atoms with Crippen molar-refractivity contribution in [2.45, 2.75) is 0 Å². The normalized spacial score (nSPS) is 10.1. The summed E-state index contributed by atoms with van der Waals surface area (Å²) < 4.78 is 0. The van der Waals surface area contributed by atoms with Gasteiger partial charge in [0.25, 0.3) is 11.6 Å². The van der Waals surface area contributed by atoms with Crippen LogP contribution in [0.15, 0.2) is 30.3 Å². The quantitative estimate of drug-likeness (QED) is 0.662. The van der Waals surface area contributed by atoms with Crippen molar-refractivity contribution in [2.75, 3.05) is 5.32 Å². The van der Waals surface area contributed by atoms with E-state index in [-0.39, 0.29) is 26.2 Å². The topological polar surface area (TPSA) is 110 Å². The molecule has 0 spiro atoms. The van der Waals surface area contributed by atoms with E-state index in [9.17, 15) is 19.7 Å². The van der Waals surface area contributed by atoms with Gasteiger partial charge in [0.05, 0.1) is 20.5 Å². The number of thiophene rings is 1. The number of anilines is 1. The van der Waals surface area contributed by atoms with E-state index in [1.165, 1.54) is 24.3 Å². The number of carboxylic acids is 1. The summed E-state index contributed by atoms with van der Waals surface area (Å²) in [4.78, 5) is 33.0. The molecule has 0 fully saturated rings. The molecular weight excluding hydrogens is 320 g/mol. The summed E-state index contributed by atoms with van der Waals surface area (Å²) in [6, 6.07) is 6.30. The van der Waals surface area contributed by atoms with Gasteiger partial charge >= 0.3 is 5.97 Å². The zero-order valence-electron chi connectivity index (χ0n) is 10.2. The minimum atomic E-state index is -1.13. The maximum atomic E-state index is 12.0. The third kappa shape index (κ3) is 3.36. The summed E-state index contributed by atoms with van der Waals surface area (Å²) in [6.45, 7) is 0. The highest BCUT2D eigenvalue weighted by molar-refractivity contribution is 7.16. The van der Waals surface area contributed by atoms with Crippen LogP contribution in [0.2, 0.25) is 5.02 Å². The van der Waals surface area contributed by atoms with Crippen LogP contribution >= 0.6 is 22.9 Å². The summed E-state index contributed by atoms with van der Waals surface area (Å²) in [5.74, 6) is -1.72. The smallest absolute Gasteiger partial charge is 0.345 e. The molecule has 108 valence electrons. The van der Waals surface area contributed by atoms with Gasteiger partial charge in [0.2, 0.25) is 0 Å². The van der Waals surface area contributed by atoms with Gasteiger partial charge in [-0.05, 0) is 18.2 Å². The van der Waals surface area contributed by atoms with Crippen molar-refractivity contribution in [3.63, 3.8) is 0 Å². The molecular formula is C12H7ClN2O5S. The maximum absolute atomic E-state index is 12.0. The van der Waals surface area contributed by atoms with Crippen molar-refractivity contribution in [1.29, 1.82) is 0 Å². The Morgan fingerprint density at radius 1 is 1.24 bits per heavy atom. The van der Waals surface area contributed by atoms with Crippen LogP contribution in [-0.4, -0.2) is 21.9 Å². The Hall–Kier alpha value is -2.45. The lowest BCUT2D eigenvalue weighted by molar-refractivity contribution is -0.384. The Morgan fingerprint density at radius 2 is 1.90 bits per heavy atom. The molecule has 0 saturated heterocycles. The molecule has 0 aliphatic carbocycles. The van der Waals surface area contributed by atoms with E-state index < -0.39 is 16.8 Å². The Labute approximate surface area is 126 Å². The first-order valence-corrected chi connectivity index (χ1v) is 6.66. The summed E-state index contributed by atoms with van der Waals surface area (Å²) in [7, 11) is 0. The van der Waals surface area contributed by atoms with Gasteiger partial charge in [0, 0.05) is 12.1 Å². The van der Waals surface area contributed by atoms with Crippen LogP contribution in [0.1, 0.15) is 19.3 Å². The van der Waals surface area contributed by atoms with Crippen molar-refractivity contribution in [1.82, 2.24) is 0 Å². The van der Waals surface area contributed by atoms with Gasteiger partial charge in [0.1, 0.15) is 4.88 Å². The molecule has 0 radical (unpaired) electrons. The average molecular weight is 327 g/mol. The van der Waals surface area contributed by atoms with Crippen LogP contribution in [0.4, 0.5) is 11.4 Å². The van der Waals surface area contributed by atoms with E-state index in [1.807, 2.05) is 0 Å². The second-order valence-corrected chi connectivity index (χ2v) is 5.34. The van der Waals surface area contributed by atoms with Gasteiger partial charge in [-0.3, -0.25) is 14.9 Å². The van der Waals surface area contributed by atoms with Gasteiger partial charge in [-0.1, -0.05) is 11.6 Å². The monoisotopic (exact) mass is 326 g/mol. The zero-order chi connectivity index (χ0) is 15.6. The predicted octanol–water partition coefficient (Wildman–Crippen LogP) is 3.26. The molecule has 2 aromatic rings. The van der Waals surface area contributed by atoms with Crippen molar-refractivity contribution >= 4 is 46.2 Å². The summed E-state index contributed by atoms with van der Waals surface area (Å²) in [6.07, 6.45) is 0. The second-order valence-electron chi connectivity index (χ2n) is 3.84. The van der Waals surface area contributed by atoms with Gasteiger partial charge < -0.3 is 10.4 Å². The van der Waals surface area contributed by atoms with E-state index in [2.05, 4.69) is 5.32 Å². The lowest BCUT2D eigenvalue weighted by Crippen LogP contribution is -2.10. The van der Waals surface area contributed by atoms with Gasteiger partial charge in [-0.2, -0.15) is 0 Å². The molecule has 1 heterocycles. The SMILES string of the molecule is O=C(O)c1ccc(C(=O)Nc2cc([N+](=O)[O-])ccc2Cl)s1. The number of hydrogen-bond donors (Lipinski definition) is 2. The number of carboxylic acid groups (broad SMARTS) is 1. The standard InChI is InChI=1S/C12H7ClN2O5S/c13-7-2-1-6(15(19)20)5-8(7)14-11(16)9-3-4-10(21-9)12(17)18/h1-5H,(H,14,16)(H,17,18). The zero-order valence-corrected chi connectivity index (χ0v) is 11.8. The summed E-state index contributed by atoms with van der Waals surface area (Å²) in [5, 5.41) is 22.0. The fraction of sp³-hybridized carbons (Fsp3) is 0. The Kier molecular flexibility index (Phi) is 4.20. The Bertz CT molecular complexity index is 743. The summed E-state index contributed by atoms with van der Waals surface area (Å²) >= 11 is 6.66. The Morgan fingerprint density at radius 3 is 2.48 bits per heavy atom. The highest BCUT2D eigenvalue weighted by Crippen LogP contribution is 2.27. The third-order valence-electron chi connectivity index (χ3n) is 2.45. The number of non-ortho nitro benzene ring substituents is 1. The molecule has 1 amide bonds. The number of aromatic carboxylic acids is 1. The second kappa shape index (κ2) is 5.90. The number of hydrogen-bond acceptors (Lipinski definition) is 5. The first-order valence-electron chi connectivity index (χ1n) is 5.47. The third-order valence-corrected chi connectivity index (χ3v) is 3.85. The van der Waals surface area contributed by atoms with E-state index in [0.717, 1.165) is 17.4 Å². The van der Waals surface area contributed by atoms with E-state index in [1.54, 1.807) is 0 Å². The first kappa shape index (κ1) is 14.9. The highest BCUT2D eigenvalue weighted by atomic mass is 35.5. The molecule has 2 rings (SSSR count). The molecule has 1 aromatic heterocycles. The van der Waals surface area contributed by atoms with Gasteiger partial charge in [-0.25, -0.2) is 4.79 Å². The number of nitrogens with zero attached hydrogens (tertiary/aromatic N) is 1. The number of rotatable bonds is 4. The number of benzene rings is 1. The maximum Gasteiger partial charge on any atom is 0.345 e. The van der Waals surface area contributed by atoms with Crippen LogP contribution in [0.3, 0.4) is 0 Å². The van der Waals surface area contributed by atoms with Gasteiger partial charge in [-0.15, -0.1) is 11.3 Å². The molecule has 0 bridgehead atoms. The molecule has 7 nitrogen and oxygen atoms in total. The number of amides is 1. The van der Waals surface area contributed by atoms with Crippen molar-refractivity contribution in [3.8, 4) is 0 Å². The van der Waals surface area contributed by atoms with Crippen LogP contribution in [0, 0.1) is 10.1 Å². The Balaban J connectivity index is 2.24. The molecule has 1 aromatic carbocycles.